The van der Waals surface area contributed by atoms with E-state index in [1.54, 1.807) is 6.20 Å². The van der Waals surface area contributed by atoms with Crippen LogP contribution in [0.5, 0.6) is 0 Å². The minimum Gasteiger partial charge on any atom is -0.285 e. The molecule has 0 aliphatic carbocycles. The molecule has 0 saturated carbocycles. The van der Waals surface area contributed by atoms with Gasteiger partial charge < -0.3 is 0 Å². The Hall–Kier alpha value is -3.69. The van der Waals surface area contributed by atoms with Crippen LogP contribution in [-0.4, -0.2) is 58.2 Å². The molecule has 0 bridgehead atoms. The van der Waals surface area contributed by atoms with Crippen molar-refractivity contribution in [3.05, 3.63) is 66.2 Å². The van der Waals surface area contributed by atoms with Crippen molar-refractivity contribution in [3.63, 3.8) is 0 Å². The summed E-state index contributed by atoms with van der Waals surface area (Å²) in [5, 5.41) is 20.4. The topological polar surface area (TPSA) is 104 Å². The predicted octanol–water partition coefficient (Wildman–Crippen LogP) is 10.0. The number of hydrogen-bond acceptors (Lipinski definition) is 7. The SMILES string of the molecule is CC(C)(C)C1=CN=CC1.CC(C)(C)C1C=CC=N1.CC(C)(C)n1cccn1.CCCc1cn(C(C)(C)C)nn1.CCCn1cc(C(C)(C)C)nn1. The van der Waals surface area contributed by atoms with Crippen LogP contribution in [0, 0.1) is 10.8 Å². The van der Waals surface area contributed by atoms with E-state index in [4.69, 9.17) is 0 Å². The smallest absolute Gasteiger partial charge is 0.0880 e. The van der Waals surface area contributed by atoms with Crippen LogP contribution in [0.3, 0.4) is 0 Å². The zero-order chi connectivity index (χ0) is 39.1. The number of rotatable bonds is 4. The molecule has 5 rings (SSSR count). The summed E-state index contributed by atoms with van der Waals surface area (Å²) in [4.78, 5) is 8.32. The first-order valence-corrected chi connectivity index (χ1v) is 18.6. The number of allylic oxidation sites excluding steroid dienone is 2. The van der Waals surface area contributed by atoms with Gasteiger partial charge in [-0.2, -0.15) is 5.10 Å². The second-order valence-corrected chi connectivity index (χ2v) is 18.2. The van der Waals surface area contributed by atoms with Crippen LogP contribution in [0.1, 0.15) is 148 Å². The molecule has 10 nitrogen and oxygen atoms in total. The Bertz CT molecular complexity index is 1430. The van der Waals surface area contributed by atoms with Gasteiger partial charge in [0.05, 0.1) is 28.5 Å². The van der Waals surface area contributed by atoms with E-state index in [-0.39, 0.29) is 16.5 Å². The largest absolute Gasteiger partial charge is 0.285 e. The van der Waals surface area contributed by atoms with Crippen molar-refractivity contribution in [2.24, 2.45) is 20.8 Å². The molecule has 2 aliphatic rings. The fourth-order valence-electron chi connectivity index (χ4n) is 4.35. The number of hydrogen-bond donors (Lipinski definition) is 0. The maximum absolute atomic E-state index is 4.27. The quantitative estimate of drug-likeness (QED) is 0.269. The van der Waals surface area contributed by atoms with E-state index in [0.717, 1.165) is 43.6 Å². The zero-order valence-corrected chi connectivity index (χ0v) is 35.4. The van der Waals surface area contributed by atoms with Crippen LogP contribution in [0.25, 0.3) is 0 Å². The summed E-state index contributed by atoms with van der Waals surface area (Å²) in [5.41, 5.74) is 4.50. The summed E-state index contributed by atoms with van der Waals surface area (Å²) in [6, 6.07) is 2.34. The summed E-state index contributed by atoms with van der Waals surface area (Å²) in [7, 11) is 0. The van der Waals surface area contributed by atoms with Crippen molar-refractivity contribution in [2.75, 3.05) is 0 Å². The molecule has 0 N–H and O–H groups in total. The third kappa shape index (κ3) is 17.9. The van der Waals surface area contributed by atoms with Crippen LogP contribution < -0.4 is 0 Å². The number of aromatic nitrogens is 8. The van der Waals surface area contributed by atoms with Gasteiger partial charge in [-0.25, -0.2) is 4.68 Å². The maximum Gasteiger partial charge on any atom is 0.0880 e. The standard InChI is InChI=1S/2C9H17N3.2C8H13N.C7H12N2/c1-5-6-12-7-8(10-11-12)9(2,3)4;1-5-6-8-7-12(11-10-8)9(2,3)4;1-8(2,3)7-4-5-9-6-7;1-8(2,3)7-5-4-6-9-7;1-7(2,3)9-6-4-5-8-9/h2*7H,5-6H2,1-4H3;5-6H,4H2,1-3H3;4-7H,1-3H3;4-6H,1-3H3. The van der Waals surface area contributed by atoms with Crippen LogP contribution in [-0.2, 0) is 29.5 Å². The number of aliphatic imine (C=N–C) groups is 2. The van der Waals surface area contributed by atoms with Crippen molar-refractivity contribution >= 4 is 12.4 Å². The molecular formula is C41H72N10. The highest BCUT2D eigenvalue weighted by molar-refractivity contribution is 5.74. The van der Waals surface area contributed by atoms with Crippen LogP contribution in [0.15, 0.2) is 64.8 Å². The van der Waals surface area contributed by atoms with Gasteiger partial charge in [0, 0.05) is 61.8 Å². The number of aryl methyl sites for hydroxylation is 2. The van der Waals surface area contributed by atoms with Gasteiger partial charge in [0.15, 0.2) is 0 Å². The molecule has 286 valence electrons. The predicted molar refractivity (Wildman–Crippen MR) is 217 cm³/mol. The average Bonchev–Trinajstić information content (AvgIpc) is 3.84. The monoisotopic (exact) mass is 705 g/mol. The summed E-state index contributed by atoms with van der Waals surface area (Å²) in [6.07, 6.45) is 22.1. The Labute approximate surface area is 311 Å². The molecular weight excluding hydrogens is 633 g/mol. The third-order valence-corrected chi connectivity index (χ3v) is 7.81. The van der Waals surface area contributed by atoms with E-state index in [9.17, 15) is 0 Å². The van der Waals surface area contributed by atoms with E-state index < -0.39 is 0 Å². The van der Waals surface area contributed by atoms with E-state index in [2.05, 4.69) is 159 Å². The van der Waals surface area contributed by atoms with Gasteiger partial charge in [0.1, 0.15) is 0 Å². The summed E-state index contributed by atoms with van der Waals surface area (Å²) >= 11 is 0. The third-order valence-electron chi connectivity index (χ3n) is 7.81. The molecule has 10 heteroatoms. The molecule has 0 amide bonds. The van der Waals surface area contributed by atoms with Crippen molar-refractivity contribution in [1.29, 1.82) is 0 Å². The van der Waals surface area contributed by atoms with Crippen molar-refractivity contribution in [1.82, 2.24) is 39.8 Å². The van der Waals surface area contributed by atoms with E-state index in [1.807, 2.05) is 63.4 Å². The summed E-state index contributed by atoms with van der Waals surface area (Å²) in [6.45, 7) is 37.7. The molecule has 3 aromatic heterocycles. The first-order chi connectivity index (χ1) is 23.4. The summed E-state index contributed by atoms with van der Waals surface area (Å²) in [5.74, 6) is 0. The van der Waals surface area contributed by atoms with E-state index in [1.165, 1.54) is 5.57 Å². The van der Waals surface area contributed by atoms with Crippen molar-refractivity contribution in [3.8, 4) is 0 Å². The molecule has 0 aromatic carbocycles. The average molecular weight is 705 g/mol. The Morgan fingerprint density at radius 2 is 1.39 bits per heavy atom. The highest BCUT2D eigenvalue weighted by Gasteiger charge is 2.22. The molecule has 1 atom stereocenters. The van der Waals surface area contributed by atoms with E-state index in [0.29, 0.717) is 16.9 Å². The Morgan fingerprint density at radius 1 is 0.745 bits per heavy atom. The fraction of sp³-hybridized carbons (Fsp3) is 0.683. The van der Waals surface area contributed by atoms with Gasteiger partial charge in [-0.15, -0.1) is 10.2 Å². The molecule has 0 spiro atoms. The van der Waals surface area contributed by atoms with Crippen molar-refractivity contribution in [2.45, 2.75) is 172 Å². The Morgan fingerprint density at radius 3 is 1.71 bits per heavy atom. The molecule has 1 unspecified atom stereocenters. The second kappa shape index (κ2) is 19.8. The Balaban J connectivity index is 0.000000321. The highest BCUT2D eigenvalue weighted by atomic mass is 15.4. The lowest BCUT2D eigenvalue weighted by atomic mass is 9.86. The van der Waals surface area contributed by atoms with Gasteiger partial charge in [-0.3, -0.25) is 19.3 Å². The molecule has 5 heterocycles. The first kappa shape index (κ1) is 45.3. The molecule has 0 radical (unpaired) electrons. The molecule has 0 fully saturated rings. The Kier molecular flexibility index (Phi) is 17.6. The van der Waals surface area contributed by atoms with Gasteiger partial charge >= 0.3 is 0 Å². The lowest BCUT2D eigenvalue weighted by Gasteiger charge is -2.22. The van der Waals surface area contributed by atoms with E-state index >= 15 is 0 Å². The van der Waals surface area contributed by atoms with Gasteiger partial charge in [-0.05, 0) is 82.9 Å². The van der Waals surface area contributed by atoms with Crippen molar-refractivity contribution < 1.29 is 0 Å². The lowest BCUT2D eigenvalue weighted by Crippen LogP contribution is -2.22. The van der Waals surface area contributed by atoms with Gasteiger partial charge in [0.2, 0.25) is 0 Å². The zero-order valence-electron chi connectivity index (χ0n) is 35.4. The molecule has 51 heavy (non-hydrogen) atoms. The summed E-state index contributed by atoms with van der Waals surface area (Å²) < 4.78 is 5.76. The molecule has 2 aliphatic heterocycles. The van der Waals surface area contributed by atoms with Gasteiger partial charge in [-0.1, -0.05) is 99.1 Å². The van der Waals surface area contributed by atoms with Gasteiger partial charge in [0.25, 0.3) is 0 Å². The van der Waals surface area contributed by atoms with Crippen LogP contribution >= 0.6 is 0 Å². The number of nitrogens with zero attached hydrogens (tertiary/aromatic N) is 10. The highest BCUT2D eigenvalue weighted by Crippen LogP contribution is 2.29. The molecule has 0 saturated heterocycles. The lowest BCUT2D eigenvalue weighted by molar-refractivity contribution is 0.347. The maximum atomic E-state index is 4.27. The fourth-order valence-corrected chi connectivity index (χ4v) is 4.35. The normalized spacial score (nSPS) is 15.5. The second-order valence-electron chi connectivity index (χ2n) is 18.2. The first-order valence-electron chi connectivity index (χ1n) is 18.6. The molecule has 3 aromatic rings. The minimum absolute atomic E-state index is 0.0546. The van der Waals surface area contributed by atoms with Crippen LogP contribution in [0.2, 0.25) is 0 Å². The minimum atomic E-state index is 0.0546. The van der Waals surface area contributed by atoms with Crippen LogP contribution in [0.4, 0.5) is 0 Å².